The predicted molar refractivity (Wildman–Crippen MR) is 76.4 cm³/mol. The Balaban J connectivity index is 2.27. The summed E-state index contributed by atoms with van der Waals surface area (Å²) in [6.07, 6.45) is 5.36. The number of amides is 1. The zero-order valence-electron chi connectivity index (χ0n) is 12.5. The molecular weight excluding hydrogens is 238 g/mol. The van der Waals surface area contributed by atoms with Crippen LogP contribution < -0.4 is 10.6 Å². The van der Waals surface area contributed by atoms with Gasteiger partial charge in [0.25, 0.3) is 0 Å². The van der Waals surface area contributed by atoms with Crippen molar-refractivity contribution in [2.24, 2.45) is 11.8 Å². The molecule has 2 N–H and O–H groups in total. The minimum Gasteiger partial charge on any atom is -0.356 e. The summed E-state index contributed by atoms with van der Waals surface area (Å²) in [6.45, 7) is 5.17. The van der Waals surface area contributed by atoms with Crippen LogP contribution in [-0.2, 0) is 4.79 Å². The lowest BCUT2D eigenvalue weighted by molar-refractivity contribution is -0.126. The van der Waals surface area contributed by atoms with E-state index in [2.05, 4.69) is 30.6 Å². The number of hydrogen-bond acceptors (Lipinski definition) is 3. The molecule has 0 heterocycles. The van der Waals surface area contributed by atoms with Gasteiger partial charge in [-0.25, -0.2) is 0 Å². The van der Waals surface area contributed by atoms with E-state index in [1.165, 1.54) is 0 Å². The van der Waals surface area contributed by atoms with Gasteiger partial charge >= 0.3 is 0 Å². The van der Waals surface area contributed by atoms with Crippen LogP contribution in [0, 0.1) is 23.2 Å². The van der Waals surface area contributed by atoms with Gasteiger partial charge in [0, 0.05) is 12.5 Å². The molecule has 1 rings (SSSR count). The summed E-state index contributed by atoms with van der Waals surface area (Å²) in [6, 6.07) is 2.35. The molecule has 0 atom stereocenters. The highest BCUT2D eigenvalue weighted by Gasteiger charge is 2.36. The summed E-state index contributed by atoms with van der Waals surface area (Å²) >= 11 is 0. The average molecular weight is 265 g/mol. The number of nitrogens with one attached hydrogen (secondary N) is 2. The molecule has 4 nitrogen and oxygen atoms in total. The third-order valence-corrected chi connectivity index (χ3v) is 4.16. The molecule has 0 saturated heterocycles. The van der Waals surface area contributed by atoms with Crippen molar-refractivity contribution < 1.29 is 4.79 Å². The second kappa shape index (κ2) is 7.49. The normalized spacial score (nSPS) is 27.0. The van der Waals surface area contributed by atoms with Crippen molar-refractivity contribution in [3.8, 4) is 6.07 Å². The van der Waals surface area contributed by atoms with Crippen LogP contribution in [0.15, 0.2) is 0 Å². The minimum absolute atomic E-state index is 0.0916. The van der Waals surface area contributed by atoms with Gasteiger partial charge in [-0.2, -0.15) is 5.26 Å². The largest absolute Gasteiger partial charge is 0.356 e. The molecule has 0 spiro atoms. The van der Waals surface area contributed by atoms with Crippen LogP contribution in [0.5, 0.6) is 0 Å². The Labute approximate surface area is 116 Å². The molecule has 1 fully saturated rings. The Bertz CT molecular complexity index is 325. The molecule has 1 amide bonds. The fourth-order valence-corrected chi connectivity index (χ4v) is 2.66. The van der Waals surface area contributed by atoms with Crippen molar-refractivity contribution >= 4 is 5.91 Å². The fourth-order valence-electron chi connectivity index (χ4n) is 2.66. The first-order valence-electron chi connectivity index (χ1n) is 7.41. The third kappa shape index (κ3) is 4.83. The van der Waals surface area contributed by atoms with E-state index in [0.717, 1.165) is 45.1 Å². The predicted octanol–water partition coefficient (Wildman–Crippen LogP) is 2.21. The van der Waals surface area contributed by atoms with Crippen molar-refractivity contribution in [2.75, 3.05) is 13.6 Å². The zero-order chi connectivity index (χ0) is 14.3. The van der Waals surface area contributed by atoms with Gasteiger partial charge in [0.2, 0.25) is 5.91 Å². The third-order valence-electron chi connectivity index (χ3n) is 4.16. The molecule has 0 aromatic rings. The van der Waals surface area contributed by atoms with Crippen LogP contribution >= 0.6 is 0 Å². The van der Waals surface area contributed by atoms with E-state index in [9.17, 15) is 10.1 Å². The number of hydrogen-bond donors (Lipinski definition) is 2. The molecule has 4 heteroatoms. The quantitative estimate of drug-likeness (QED) is 0.724. The molecule has 108 valence electrons. The van der Waals surface area contributed by atoms with Crippen LogP contribution in [0.25, 0.3) is 0 Å². The molecule has 0 aromatic carbocycles. The number of carbonyl (C=O) groups excluding carboxylic acids is 1. The minimum atomic E-state index is -0.408. The second-order valence-corrected chi connectivity index (χ2v) is 6.05. The Kier molecular flexibility index (Phi) is 6.30. The van der Waals surface area contributed by atoms with Crippen molar-refractivity contribution in [1.29, 1.82) is 5.26 Å². The number of carbonyl (C=O) groups is 1. The molecule has 0 bridgehead atoms. The highest BCUT2D eigenvalue weighted by Crippen LogP contribution is 2.31. The Morgan fingerprint density at radius 1 is 1.42 bits per heavy atom. The zero-order valence-corrected chi connectivity index (χ0v) is 12.5. The number of rotatable bonds is 6. The highest BCUT2D eigenvalue weighted by atomic mass is 16.1. The van der Waals surface area contributed by atoms with Crippen molar-refractivity contribution in [3.05, 3.63) is 0 Å². The Morgan fingerprint density at radius 2 is 2.05 bits per heavy atom. The topological polar surface area (TPSA) is 64.9 Å². The van der Waals surface area contributed by atoms with Crippen LogP contribution in [0.3, 0.4) is 0 Å². The van der Waals surface area contributed by atoms with E-state index in [0.29, 0.717) is 5.92 Å². The van der Waals surface area contributed by atoms with Gasteiger partial charge in [0.1, 0.15) is 5.54 Å². The Morgan fingerprint density at radius 3 is 2.53 bits per heavy atom. The lowest BCUT2D eigenvalue weighted by Gasteiger charge is -2.34. The van der Waals surface area contributed by atoms with Crippen molar-refractivity contribution in [2.45, 2.75) is 57.9 Å². The van der Waals surface area contributed by atoms with Crippen molar-refractivity contribution in [1.82, 2.24) is 10.6 Å². The molecule has 0 aliphatic heterocycles. The maximum Gasteiger partial charge on any atom is 0.223 e. The van der Waals surface area contributed by atoms with E-state index in [-0.39, 0.29) is 11.8 Å². The smallest absolute Gasteiger partial charge is 0.223 e. The van der Waals surface area contributed by atoms with Gasteiger partial charge in [-0.15, -0.1) is 0 Å². The van der Waals surface area contributed by atoms with Gasteiger partial charge in [0.05, 0.1) is 6.07 Å². The standard InChI is InChI=1S/C15H27N3O/c1-12(2)5-4-10-18-14(19)13-6-8-15(11-16,17-3)9-7-13/h12-13,17H,4-10H2,1-3H3,(H,18,19). The first kappa shape index (κ1) is 16.0. The van der Waals surface area contributed by atoms with E-state index in [1.54, 1.807) is 0 Å². The summed E-state index contributed by atoms with van der Waals surface area (Å²) in [5.74, 6) is 0.957. The first-order valence-corrected chi connectivity index (χ1v) is 7.41. The lowest BCUT2D eigenvalue weighted by atomic mass is 9.77. The van der Waals surface area contributed by atoms with Crippen LogP contribution in [0.4, 0.5) is 0 Å². The first-order chi connectivity index (χ1) is 9.03. The molecule has 0 radical (unpaired) electrons. The lowest BCUT2D eigenvalue weighted by Crippen LogP contribution is -2.46. The van der Waals surface area contributed by atoms with Crippen molar-refractivity contribution in [3.63, 3.8) is 0 Å². The Hall–Kier alpha value is -1.08. The van der Waals surface area contributed by atoms with E-state index < -0.39 is 5.54 Å². The van der Waals surface area contributed by atoms with Gasteiger partial charge in [-0.05, 0) is 51.5 Å². The fraction of sp³-hybridized carbons (Fsp3) is 0.867. The molecule has 1 aliphatic carbocycles. The van der Waals surface area contributed by atoms with Gasteiger partial charge in [-0.3, -0.25) is 4.79 Å². The second-order valence-electron chi connectivity index (χ2n) is 6.05. The molecule has 0 unspecified atom stereocenters. The van der Waals surface area contributed by atoms with Gasteiger partial charge < -0.3 is 10.6 Å². The van der Waals surface area contributed by atoms with E-state index in [4.69, 9.17) is 0 Å². The summed E-state index contributed by atoms with van der Waals surface area (Å²) in [5.41, 5.74) is -0.408. The number of nitriles is 1. The van der Waals surface area contributed by atoms with Crippen LogP contribution in [-0.4, -0.2) is 25.0 Å². The summed E-state index contributed by atoms with van der Waals surface area (Å²) in [4.78, 5) is 12.0. The molecule has 1 aliphatic rings. The average Bonchev–Trinajstić information content (AvgIpc) is 2.43. The monoisotopic (exact) mass is 265 g/mol. The summed E-state index contributed by atoms with van der Waals surface area (Å²) < 4.78 is 0. The summed E-state index contributed by atoms with van der Waals surface area (Å²) in [7, 11) is 1.83. The van der Waals surface area contributed by atoms with Crippen LogP contribution in [0.1, 0.15) is 52.4 Å². The van der Waals surface area contributed by atoms with Gasteiger partial charge in [0.15, 0.2) is 0 Å². The maximum absolute atomic E-state index is 12.0. The van der Waals surface area contributed by atoms with E-state index >= 15 is 0 Å². The molecule has 19 heavy (non-hydrogen) atoms. The number of nitrogens with zero attached hydrogens (tertiary/aromatic N) is 1. The maximum atomic E-state index is 12.0. The summed E-state index contributed by atoms with van der Waals surface area (Å²) in [5, 5.41) is 15.3. The SMILES string of the molecule is CNC1(C#N)CCC(C(=O)NCCCC(C)C)CC1. The highest BCUT2D eigenvalue weighted by molar-refractivity contribution is 5.78. The molecule has 0 aromatic heterocycles. The molecule has 1 saturated carbocycles. The van der Waals surface area contributed by atoms with E-state index in [1.807, 2.05) is 7.05 Å². The van der Waals surface area contributed by atoms with Gasteiger partial charge in [-0.1, -0.05) is 13.8 Å². The molecular formula is C15H27N3O. The van der Waals surface area contributed by atoms with Crippen LogP contribution in [0.2, 0.25) is 0 Å².